The summed E-state index contributed by atoms with van der Waals surface area (Å²) in [6.07, 6.45) is 7.79. The third-order valence-electron chi connectivity index (χ3n) is 6.21. The highest BCUT2D eigenvalue weighted by atomic mass is 19.1. The topological polar surface area (TPSA) is 3.24 Å². The highest BCUT2D eigenvalue weighted by Gasteiger charge is 2.28. The molecule has 1 aliphatic heterocycles. The zero-order valence-corrected chi connectivity index (χ0v) is 17.5. The van der Waals surface area contributed by atoms with Gasteiger partial charge in [-0.2, -0.15) is 0 Å². The van der Waals surface area contributed by atoms with Gasteiger partial charge in [0.25, 0.3) is 0 Å². The molecule has 1 fully saturated rings. The molecule has 0 saturated carbocycles. The summed E-state index contributed by atoms with van der Waals surface area (Å²) in [5.41, 5.74) is 3.93. The van der Waals surface area contributed by atoms with Crippen molar-refractivity contribution in [2.24, 2.45) is 5.92 Å². The molecule has 2 heteroatoms. The summed E-state index contributed by atoms with van der Waals surface area (Å²) < 4.78 is 13.0. The van der Waals surface area contributed by atoms with Crippen LogP contribution in [-0.2, 0) is 0 Å². The highest BCUT2D eigenvalue weighted by molar-refractivity contribution is 5.48. The molecule has 0 unspecified atom stereocenters. The van der Waals surface area contributed by atoms with Crippen LogP contribution >= 0.6 is 0 Å². The molecular weight excluding hydrogens is 369 g/mol. The molecule has 1 aliphatic rings. The van der Waals surface area contributed by atoms with E-state index in [0.29, 0.717) is 11.8 Å². The van der Waals surface area contributed by atoms with Gasteiger partial charge in [-0.15, -0.1) is 0 Å². The maximum absolute atomic E-state index is 13.0. The number of rotatable bonds is 7. The van der Waals surface area contributed by atoms with Crippen LogP contribution in [-0.4, -0.2) is 24.5 Å². The summed E-state index contributed by atoms with van der Waals surface area (Å²) in [6.45, 7) is 3.40. The van der Waals surface area contributed by atoms with Gasteiger partial charge < -0.3 is 4.90 Å². The normalized spacial score (nSPS) is 15.8. The minimum absolute atomic E-state index is 0.181. The number of piperidine rings is 1. The maximum atomic E-state index is 13.0. The summed E-state index contributed by atoms with van der Waals surface area (Å²) in [6, 6.07) is 28.7. The van der Waals surface area contributed by atoms with Crippen molar-refractivity contribution in [3.05, 3.63) is 114 Å². The molecule has 1 heterocycles. The van der Waals surface area contributed by atoms with Gasteiger partial charge in [-0.05, 0) is 67.1 Å². The smallest absolute Gasteiger partial charge is 0.123 e. The minimum atomic E-state index is -0.181. The monoisotopic (exact) mass is 399 g/mol. The standard InChI is InChI=1S/C28H30FN/c29-27-16-14-23(15-17-27)9-7-8-20-30-21-18-26(19-22-30)28(24-10-3-1-4-11-24)25-12-5-2-6-13-25/h1-7,9-17,26,28H,8,18-22H2. The van der Waals surface area contributed by atoms with Crippen LogP contribution < -0.4 is 0 Å². The molecule has 1 nitrogen and oxygen atoms in total. The van der Waals surface area contributed by atoms with E-state index in [0.717, 1.165) is 31.6 Å². The first kappa shape index (κ1) is 20.6. The van der Waals surface area contributed by atoms with Gasteiger partial charge in [0.15, 0.2) is 0 Å². The van der Waals surface area contributed by atoms with Gasteiger partial charge in [-0.25, -0.2) is 4.39 Å². The molecule has 4 rings (SSSR count). The van der Waals surface area contributed by atoms with Gasteiger partial charge >= 0.3 is 0 Å². The van der Waals surface area contributed by atoms with E-state index < -0.39 is 0 Å². The Balaban J connectivity index is 1.32. The molecule has 3 aromatic rings. The fraction of sp³-hybridized carbons (Fsp3) is 0.286. The molecule has 30 heavy (non-hydrogen) atoms. The third-order valence-corrected chi connectivity index (χ3v) is 6.21. The summed E-state index contributed by atoms with van der Waals surface area (Å²) >= 11 is 0. The molecule has 1 saturated heterocycles. The summed E-state index contributed by atoms with van der Waals surface area (Å²) in [4.78, 5) is 2.58. The van der Waals surface area contributed by atoms with Crippen LogP contribution in [0.4, 0.5) is 4.39 Å². The van der Waals surface area contributed by atoms with Crippen molar-refractivity contribution in [1.29, 1.82) is 0 Å². The van der Waals surface area contributed by atoms with Crippen molar-refractivity contribution in [3.63, 3.8) is 0 Å². The molecule has 0 amide bonds. The van der Waals surface area contributed by atoms with Crippen molar-refractivity contribution < 1.29 is 4.39 Å². The predicted molar refractivity (Wildman–Crippen MR) is 124 cm³/mol. The Kier molecular flexibility index (Phi) is 7.10. The van der Waals surface area contributed by atoms with E-state index >= 15 is 0 Å². The zero-order valence-electron chi connectivity index (χ0n) is 17.5. The quantitative estimate of drug-likeness (QED) is 0.423. The molecule has 0 aliphatic carbocycles. The van der Waals surface area contributed by atoms with E-state index in [9.17, 15) is 4.39 Å². The second-order valence-electron chi connectivity index (χ2n) is 8.22. The number of nitrogens with zero attached hydrogens (tertiary/aromatic N) is 1. The number of hydrogen-bond donors (Lipinski definition) is 0. The van der Waals surface area contributed by atoms with Crippen LogP contribution in [0.2, 0.25) is 0 Å². The lowest BCUT2D eigenvalue weighted by Crippen LogP contribution is -2.36. The summed E-state index contributed by atoms with van der Waals surface area (Å²) in [5, 5.41) is 0. The second kappa shape index (κ2) is 10.4. The Bertz CT molecular complexity index is 870. The van der Waals surface area contributed by atoms with Crippen LogP contribution in [0.15, 0.2) is 91.0 Å². The third kappa shape index (κ3) is 5.46. The number of halogens is 1. The van der Waals surface area contributed by atoms with E-state index in [4.69, 9.17) is 0 Å². The molecule has 0 atom stereocenters. The largest absolute Gasteiger partial charge is 0.303 e. The molecule has 154 valence electrons. The van der Waals surface area contributed by atoms with Gasteiger partial charge in [0.05, 0.1) is 0 Å². The van der Waals surface area contributed by atoms with E-state index in [2.05, 4.69) is 77.7 Å². The van der Waals surface area contributed by atoms with Crippen molar-refractivity contribution in [2.75, 3.05) is 19.6 Å². The zero-order chi connectivity index (χ0) is 20.6. The Morgan fingerprint density at radius 2 is 1.37 bits per heavy atom. The van der Waals surface area contributed by atoms with Crippen molar-refractivity contribution in [1.82, 2.24) is 4.90 Å². The maximum Gasteiger partial charge on any atom is 0.123 e. The van der Waals surface area contributed by atoms with Crippen LogP contribution in [0.5, 0.6) is 0 Å². The van der Waals surface area contributed by atoms with Crippen LogP contribution in [0.3, 0.4) is 0 Å². The van der Waals surface area contributed by atoms with E-state index in [1.54, 1.807) is 0 Å². The number of benzene rings is 3. The Morgan fingerprint density at radius 3 is 1.93 bits per heavy atom. The average Bonchev–Trinajstić information content (AvgIpc) is 2.80. The molecular formula is C28H30FN. The SMILES string of the molecule is Fc1ccc(C=CCCN2CCC(C(c3ccccc3)c3ccccc3)CC2)cc1. The Hall–Kier alpha value is -2.71. The van der Waals surface area contributed by atoms with E-state index in [-0.39, 0.29) is 5.82 Å². The second-order valence-corrected chi connectivity index (χ2v) is 8.22. The van der Waals surface area contributed by atoms with Gasteiger partial charge in [-0.3, -0.25) is 0 Å². The molecule has 0 N–H and O–H groups in total. The average molecular weight is 400 g/mol. The lowest BCUT2D eigenvalue weighted by Gasteiger charge is -2.36. The minimum Gasteiger partial charge on any atom is -0.303 e. The first-order valence-corrected chi connectivity index (χ1v) is 11.0. The lowest BCUT2D eigenvalue weighted by molar-refractivity contribution is 0.178. The molecule has 0 bridgehead atoms. The number of hydrogen-bond acceptors (Lipinski definition) is 1. The molecule has 0 spiro atoms. The lowest BCUT2D eigenvalue weighted by atomic mass is 9.76. The van der Waals surface area contributed by atoms with Crippen LogP contribution in [0.25, 0.3) is 6.08 Å². The van der Waals surface area contributed by atoms with Crippen LogP contribution in [0, 0.1) is 11.7 Å². The molecule has 0 aromatic heterocycles. The molecule has 0 radical (unpaired) electrons. The van der Waals surface area contributed by atoms with Crippen LogP contribution in [0.1, 0.15) is 41.9 Å². The first-order chi connectivity index (χ1) is 14.8. The number of likely N-dealkylation sites (tertiary alicyclic amines) is 1. The summed E-state index contributed by atoms with van der Waals surface area (Å²) in [5.74, 6) is 0.980. The van der Waals surface area contributed by atoms with E-state index in [1.807, 2.05) is 12.1 Å². The van der Waals surface area contributed by atoms with Gasteiger partial charge in [-0.1, -0.05) is 84.9 Å². The summed E-state index contributed by atoms with van der Waals surface area (Å²) in [7, 11) is 0. The fourth-order valence-corrected chi connectivity index (χ4v) is 4.62. The van der Waals surface area contributed by atoms with Crippen molar-refractivity contribution in [3.8, 4) is 0 Å². The molecule has 3 aromatic carbocycles. The van der Waals surface area contributed by atoms with E-state index in [1.165, 1.54) is 36.1 Å². The van der Waals surface area contributed by atoms with Gasteiger partial charge in [0.2, 0.25) is 0 Å². The van der Waals surface area contributed by atoms with Crippen molar-refractivity contribution >= 4 is 6.08 Å². The van der Waals surface area contributed by atoms with Crippen molar-refractivity contribution in [2.45, 2.75) is 25.2 Å². The highest BCUT2D eigenvalue weighted by Crippen LogP contribution is 2.37. The first-order valence-electron chi connectivity index (χ1n) is 11.0. The Morgan fingerprint density at radius 1 is 0.800 bits per heavy atom. The Labute approximate surface area is 179 Å². The predicted octanol–water partition coefficient (Wildman–Crippen LogP) is 6.77. The van der Waals surface area contributed by atoms with Gasteiger partial charge in [0.1, 0.15) is 5.82 Å². The fourth-order valence-electron chi connectivity index (χ4n) is 4.62. The van der Waals surface area contributed by atoms with Gasteiger partial charge in [0, 0.05) is 12.5 Å².